The van der Waals surface area contributed by atoms with E-state index in [9.17, 15) is 14.4 Å². The summed E-state index contributed by atoms with van der Waals surface area (Å²) in [6.45, 7) is 0.730. The van der Waals surface area contributed by atoms with Gasteiger partial charge in [-0.3, -0.25) is 19.3 Å². The Morgan fingerprint density at radius 2 is 1.66 bits per heavy atom. The molecular weight excluding hydrogens is 411 g/mol. The van der Waals surface area contributed by atoms with Crippen LogP contribution in [0.1, 0.15) is 23.2 Å². The summed E-state index contributed by atoms with van der Waals surface area (Å²) >= 11 is 12.1. The first kappa shape index (κ1) is 18.8. The Balaban J connectivity index is 1.56. The first-order chi connectivity index (χ1) is 14.0. The smallest absolute Gasteiger partial charge is 0.239 e. The molecule has 0 radical (unpaired) electrons. The minimum Gasteiger partial charge on any atom is -0.292 e. The van der Waals surface area contributed by atoms with E-state index in [1.165, 1.54) is 11.0 Å². The Bertz CT molecular complexity index is 1030. The van der Waals surface area contributed by atoms with Gasteiger partial charge in [-0.2, -0.15) is 0 Å². The van der Waals surface area contributed by atoms with Crippen LogP contribution in [-0.2, 0) is 9.59 Å². The highest BCUT2D eigenvalue weighted by molar-refractivity contribution is 6.42. The number of hydrogen-bond donors (Lipinski definition) is 0. The van der Waals surface area contributed by atoms with Gasteiger partial charge in [0.05, 0.1) is 33.6 Å². The number of rotatable bonds is 3. The van der Waals surface area contributed by atoms with E-state index in [2.05, 4.69) is 4.90 Å². The van der Waals surface area contributed by atoms with Crippen molar-refractivity contribution in [3.63, 3.8) is 0 Å². The summed E-state index contributed by atoms with van der Waals surface area (Å²) in [6.07, 6.45) is 1.73. The maximum atomic E-state index is 13.4. The van der Waals surface area contributed by atoms with Crippen molar-refractivity contribution < 1.29 is 14.4 Å². The number of nitrogens with zero attached hydrogens (tertiary/aromatic N) is 2. The molecule has 3 aliphatic heterocycles. The lowest BCUT2D eigenvalue weighted by atomic mass is 9.85. The molecule has 0 aromatic heterocycles. The van der Waals surface area contributed by atoms with Crippen LogP contribution in [-0.4, -0.2) is 41.1 Å². The molecule has 3 aliphatic rings. The van der Waals surface area contributed by atoms with E-state index in [-0.39, 0.29) is 28.7 Å². The van der Waals surface area contributed by atoms with E-state index < -0.39 is 17.9 Å². The normalized spacial score (nSPS) is 28.7. The molecule has 5 rings (SSSR count). The van der Waals surface area contributed by atoms with Crippen molar-refractivity contribution in [2.24, 2.45) is 11.8 Å². The maximum absolute atomic E-state index is 13.4. The Morgan fingerprint density at radius 1 is 0.931 bits per heavy atom. The van der Waals surface area contributed by atoms with Crippen molar-refractivity contribution in [3.05, 3.63) is 64.1 Å². The molecule has 3 saturated heterocycles. The van der Waals surface area contributed by atoms with Gasteiger partial charge in [-0.25, -0.2) is 4.90 Å². The number of fused-ring (bicyclic) bond motifs is 3. The monoisotopic (exact) mass is 428 g/mol. The van der Waals surface area contributed by atoms with Gasteiger partial charge < -0.3 is 0 Å². The third-order valence-electron chi connectivity index (χ3n) is 6.34. The molecule has 3 heterocycles. The molecule has 148 valence electrons. The fourth-order valence-electron chi connectivity index (χ4n) is 5.17. The fourth-order valence-corrected chi connectivity index (χ4v) is 5.46. The molecule has 2 aromatic rings. The molecule has 0 aliphatic carbocycles. The third-order valence-corrected chi connectivity index (χ3v) is 7.08. The number of halogens is 2. The van der Waals surface area contributed by atoms with Gasteiger partial charge in [0.2, 0.25) is 11.8 Å². The second kappa shape index (κ2) is 6.94. The van der Waals surface area contributed by atoms with Gasteiger partial charge in [-0.15, -0.1) is 0 Å². The van der Waals surface area contributed by atoms with Crippen molar-refractivity contribution in [1.29, 1.82) is 0 Å². The van der Waals surface area contributed by atoms with Gasteiger partial charge in [0.1, 0.15) is 0 Å². The van der Waals surface area contributed by atoms with Crippen LogP contribution in [0.15, 0.2) is 48.5 Å². The third kappa shape index (κ3) is 2.75. The number of hydrogen-bond acceptors (Lipinski definition) is 4. The van der Waals surface area contributed by atoms with Crippen molar-refractivity contribution in [3.8, 4) is 0 Å². The summed E-state index contributed by atoms with van der Waals surface area (Å²) in [4.78, 5) is 43.4. The molecular formula is C22H18Cl2N2O3. The zero-order valence-corrected chi connectivity index (χ0v) is 16.9. The molecule has 5 nitrogen and oxygen atoms in total. The van der Waals surface area contributed by atoms with Crippen LogP contribution < -0.4 is 4.90 Å². The highest BCUT2D eigenvalue weighted by Gasteiger charge is 2.64. The second-order valence-corrected chi connectivity index (χ2v) is 8.60. The van der Waals surface area contributed by atoms with Crippen LogP contribution in [0.25, 0.3) is 0 Å². The average Bonchev–Trinajstić information content (AvgIpc) is 3.37. The number of carbonyl (C=O) groups is 3. The number of anilines is 1. The van der Waals surface area contributed by atoms with Crippen LogP contribution in [0.4, 0.5) is 5.69 Å². The highest BCUT2D eigenvalue weighted by Crippen LogP contribution is 2.48. The number of amides is 2. The highest BCUT2D eigenvalue weighted by atomic mass is 35.5. The molecule has 7 heteroatoms. The van der Waals surface area contributed by atoms with Crippen molar-refractivity contribution in [1.82, 2.24) is 4.90 Å². The van der Waals surface area contributed by atoms with E-state index >= 15 is 0 Å². The molecule has 3 fully saturated rings. The van der Waals surface area contributed by atoms with Gasteiger partial charge in [-0.05, 0) is 37.6 Å². The van der Waals surface area contributed by atoms with Gasteiger partial charge in [0.25, 0.3) is 0 Å². The maximum Gasteiger partial charge on any atom is 0.239 e. The Kier molecular flexibility index (Phi) is 4.50. The van der Waals surface area contributed by atoms with Crippen LogP contribution in [0.3, 0.4) is 0 Å². The second-order valence-electron chi connectivity index (χ2n) is 7.78. The van der Waals surface area contributed by atoms with Gasteiger partial charge in [0, 0.05) is 11.6 Å². The topological polar surface area (TPSA) is 57.7 Å². The largest absolute Gasteiger partial charge is 0.292 e. The number of benzene rings is 2. The van der Waals surface area contributed by atoms with E-state index in [4.69, 9.17) is 23.2 Å². The van der Waals surface area contributed by atoms with Crippen LogP contribution in [0.5, 0.6) is 0 Å². The Morgan fingerprint density at radius 3 is 2.38 bits per heavy atom. The minimum atomic E-state index is -0.671. The lowest BCUT2D eigenvalue weighted by Crippen LogP contribution is -2.46. The molecule has 4 atom stereocenters. The zero-order valence-electron chi connectivity index (χ0n) is 15.4. The first-order valence-corrected chi connectivity index (χ1v) is 10.4. The molecule has 2 amide bonds. The fraction of sp³-hybridized carbons (Fsp3) is 0.318. The molecule has 2 aromatic carbocycles. The van der Waals surface area contributed by atoms with Crippen LogP contribution in [0.2, 0.25) is 10.0 Å². The summed E-state index contributed by atoms with van der Waals surface area (Å²) in [7, 11) is 0. The molecule has 0 spiro atoms. The summed E-state index contributed by atoms with van der Waals surface area (Å²) in [6, 6.07) is 13.0. The van der Waals surface area contributed by atoms with Crippen molar-refractivity contribution in [2.75, 3.05) is 11.4 Å². The van der Waals surface area contributed by atoms with E-state index in [1.807, 2.05) is 18.2 Å². The summed E-state index contributed by atoms with van der Waals surface area (Å²) in [5.74, 6) is -1.85. The van der Waals surface area contributed by atoms with E-state index in [1.54, 1.807) is 24.3 Å². The molecule has 0 N–H and O–H groups in total. The van der Waals surface area contributed by atoms with Gasteiger partial charge in [0.15, 0.2) is 5.78 Å². The summed E-state index contributed by atoms with van der Waals surface area (Å²) < 4.78 is 0. The molecule has 29 heavy (non-hydrogen) atoms. The minimum absolute atomic E-state index is 0.0816. The predicted octanol–water partition coefficient (Wildman–Crippen LogP) is 3.83. The number of ketones is 1. The first-order valence-electron chi connectivity index (χ1n) is 9.67. The van der Waals surface area contributed by atoms with Gasteiger partial charge in [-0.1, -0.05) is 53.5 Å². The summed E-state index contributed by atoms with van der Waals surface area (Å²) in [5.41, 5.74) is 0.969. The molecule has 0 bridgehead atoms. The van der Waals surface area contributed by atoms with Crippen LogP contribution in [0, 0.1) is 11.8 Å². The zero-order chi connectivity index (χ0) is 20.3. The number of imide groups is 1. The lowest BCUT2D eigenvalue weighted by molar-refractivity contribution is -0.123. The van der Waals surface area contributed by atoms with Crippen molar-refractivity contribution >= 4 is 46.5 Å². The predicted molar refractivity (Wildman–Crippen MR) is 110 cm³/mol. The van der Waals surface area contributed by atoms with Crippen LogP contribution >= 0.6 is 23.2 Å². The quantitative estimate of drug-likeness (QED) is 0.550. The lowest BCUT2D eigenvalue weighted by Gasteiger charge is -2.27. The Labute approximate surface area is 178 Å². The van der Waals surface area contributed by atoms with E-state index in [0.717, 1.165) is 19.4 Å². The standard InChI is InChI=1S/C22H18Cl2N2O3/c23-14-9-8-13(11-15(14)24)26-21(28)17-16-7-4-10-25(16)19(18(17)22(26)29)20(27)12-5-2-1-3-6-12/h1-3,5-6,8-9,11,16-19H,4,7,10H2/t16-,17+,18+,19-/m0/s1. The molecule has 0 saturated carbocycles. The number of Topliss-reactive ketones (excluding diaryl/α,β-unsaturated/α-hetero) is 1. The summed E-state index contributed by atoms with van der Waals surface area (Å²) in [5, 5.41) is 0.634. The average molecular weight is 429 g/mol. The van der Waals surface area contributed by atoms with E-state index in [0.29, 0.717) is 16.3 Å². The van der Waals surface area contributed by atoms with Crippen molar-refractivity contribution in [2.45, 2.75) is 24.9 Å². The van der Waals surface area contributed by atoms with Gasteiger partial charge >= 0.3 is 0 Å². The molecule has 0 unspecified atom stereocenters. The Hall–Kier alpha value is -2.21. The SMILES string of the molecule is O=C(c1ccccc1)[C@@H]1[C@@H]2C(=O)N(c3ccc(Cl)c(Cl)c3)C(=O)[C@@H]2[C@@H]2CCCN12. The number of carbonyl (C=O) groups excluding carboxylic acids is 3.